The van der Waals surface area contributed by atoms with Crippen LogP contribution in [0, 0.1) is 12.8 Å². The number of para-hydroxylation sites is 2. The molecule has 1 atom stereocenters. The number of aromatic nitrogens is 2. The quantitative estimate of drug-likeness (QED) is 0.857. The first-order valence-electron chi connectivity index (χ1n) is 7.38. The molecule has 0 radical (unpaired) electrons. The first kappa shape index (κ1) is 13.2. The average molecular weight is 271 g/mol. The lowest BCUT2D eigenvalue weighted by atomic mass is 10.0. The van der Waals surface area contributed by atoms with Crippen molar-refractivity contribution in [3.63, 3.8) is 0 Å². The van der Waals surface area contributed by atoms with Gasteiger partial charge in [-0.15, -0.1) is 0 Å². The SMILES string of the molecule is CCCC1CC(=O)N(Cn2c(C)nc3ccccc32)C1. The number of hydrogen-bond donors (Lipinski definition) is 0. The van der Waals surface area contributed by atoms with Crippen LogP contribution in [0.4, 0.5) is 0 Å². The standard InChI is InChI=1S/C16H21N3O/c1-3-6-13-9-16(20)18(10-13)11-19-12(2)17-14-7-4-5-8-15(14)19/h4-5,7-8,13H,3,6,9-11H2,1-2H3. The van der Waals surface area contributed by atoms with E-state index in [0.29, 0.717) is 19.0 Å². The summed E-state index contributed by atoms with van der Waals surface area (Å²) in [5.41, 5.74) is 2.11. The largest absolute Gasteiger partial charge is 0.324 e. The Kier molecular flexibility index (Phi) is 3.47. The second-order valence-electron chi connectivity index (χ2n) is 5.69. The van der Waals surface area contributed by atoms with Crippen molar-refractivity contribution in [1.29, 1.82) is 0 Å². The van der Waals surface area contributed by atoms with E-state index < -0.39 is 0 Å². The summed E-state index contributed by atoms with van der Waals surface area (Å²) in [6.45, 7) is 5.70. The molecule has 1 unspecified atom stereocenters. The molecule has 0 bridgehead atoms. The molecule has 1 aromatic heterocycles. The van der Waals surface area contributed by atoms with E-state index in [1.165, 1.54) is 0 Å². The lowest BCUT2D eigenvalue weighted by Crippen LogP contribution is -2.28. The highest BCUT2D eigenvalue weighted by Crippen LogP contribution is 2.24. The van der Waals surface area contributed by atoms with Gasteiger partial charge in [0.2, 0.25) is 5.91 Å². The Labute approximate surface area is 119 Å². The Balaban J connectivity index is 1.83. The van der Waals surface area contributed by atoms with E-state index in [-0.39, 0.29) is 5.91 Å². The van der Waals surface area contributed by atoms with Crippen molar-refractivity contribution in [3.8, 4) is 0 Å². The van der Waals surface area contributed by atoms with E-state index in [9.17, 15) is 4.79 Å². The van der Waals surface area contributed by atoms with Gasteiger partial charge in [-0.25, -0.2) is 4.98 Å². The number of amides is 1. The highest BCUT2D eigenvalue weighted by atomic mass is 16.2. The monoisotopic (exact) mass is 271 g/mol. The van der Waals surface area contributed by atoms with Crippen molar-refractivity contribution in [3.05, 3.63) is 30.1 Å². The van der Waals surface area contributed by atoms with Crippen molar-refractivity contribution >= 4 is 16.9 Å². The van der Waals surface area contributed by atoms with Gasteiger partial charge in [-0.1, -0.05) is 25.5 Å². The minimum absolute atomic E-state index is 0.278. The third kappa shape index (κ3) is 2.30. The number of carbonyl (C=O) groups is 1. The molecule has 4 nitrogen and oxygen atoms in total. The van der Waals surface area contributed by atoms with Gasteiger partial charge >= 0.3 is 0 Å². The molecule has 3 rings (SSSR count). The molecule has 106 valence electrons. The molecule has 1 aliphatic rings. The number of fused-ring (bicyclic) bond motifs is 1. The Bertz CT molecular complexity index is 632. The average Bonchev–Trinajstić information content (AvgIpc) is 2.92. The fraction of sp³-hybridized carbons (Fsp3) is 0.500. The van der Waals surface area contributed by atoms with Gasteiger partial charge in [-0.2, -0.15) is 0 Å². The number of likely N-dealkylation sites (tertiary alicyclic amines) is 1. The van der Waals surface area contributed by atoms with Crippen molar-refractivity contribution in [1.82, 2.24) is 14.5 Å². The van der Waals surface area contributed by atoms with Gasteiger partial charge < -0.3 is 9.47 Å². The van der Waals surface area contributed by atoms with Crippen LogP contribution in [0.25, 0.3) is 11.0 Å². The van der Waals surface area contributed by atoms with Crippen LogP contribution in [0.2, 0.25) is 0 Å². The van der Waals surface area contributed by atoms with Gasteiger partial charge in [0.15, 0.2) is 0 Å². The maximum Gasteiger partial charge on any atom is 0.224 e. The zero-order chi connectivity index (χ0) is 14.1. The lowest BCUT2D eigenvalue weighted by Gasteiger charge is -2.19. The zero-order valence-corrected chi connectivity index (χ0v) is 12.2. The number of benzene rings is 1. The minimum atomic E-state index is 0.278. The number of rotatable bonds is 4. The van der Waals surface area contributed by atoms with Gasteiger partial charge in [0.1, 0.15) is 5.82 Å². The van der Waals surface area contributed by atoms with Gasteiger partial charge in [-0.05, 0) is 31.4 Å². The lowest BCUT2D eigenvalue weighted by molar-refractivity contribution is -0.129. The van der Waals surface area contributed by atoms with E-state index in [2.05, 4.69) is 22.5 Å². The molecule has 1 fully saturated rings. The number of nitrogens with zero attached hydrogens (tertiary/aromatic N) is 3. The first-order valence-corrected chi connectivity index (χ1v) is 7.38. The molecule has 2 aromatic rings. The second-order valence-corrected chi connectivity index (χ2v) is 5.69. The minimum Gasteiger partial charge on any atom is -0.324 e. The van der Waals surface area contributed by atoms with Gasteiger partial charge in [0, 0.05) is 13.0 Å². The molecule has 1 amide bonds. The van der Waals surface area contributed by atoms with Crippen LogP contribution >= 0.6 is 0 Å². The summed E-state index contributed by atoms with van der Waals surface area (Å²) >= 11 is 0. The Morgan fingerprint density at radius 2 is 2.15 bits per heavy atom. The van der Waals surface area contributed by atoms with Crippen molar-refractivity contribution in [2.24, 2.45) is 5.92 Å². The van der Waals surface area contributed by atoms with E-state index in [1.54, 1.807) is 0 Å². The Hall–Kier alpha value is -1.84. The number of imidazole rings is 1. The highest BCUT2D eigenvalue weighted by Gasteiger charge is 2.29. The Morgan fingerprint density at radius 3 is 2.95 bits per heavy atom. The maximum atomic E-state index is 12.1. The third-order valence-corrected chi connectivity index (χ3v) is 4.15. The van der Waals surface area contributed by atoms with Crippen LogP contribution in [-0.2, 0) is 11.5 Å². The van der Waals surface area contributed by atoms with E-state index in [1.807, 2.05) is 30.0 Å². The predicted molar refractivity (Wildman–Crippen MR) is 79.2 cm³/mol. The van der Waals surface area contributed by atoms with E-state index >= 15 is 0 Å². The van der Waals surface area contributed by atoms with Crippen LogP contribution < -0.4 is 0 Å². The van der Waals surface area contributed by atoms with Crippen molar-refractivity contribution in [2.75, 3.05) is 6.54 Å². The normalized spacial score (nSPS) is 19.2. The summed E-state index contributed by atoms with van der Waals surface area (Å²) in [4.78, 5) is 18.7. The van der Waals surface area contributed by atoms with Gasteiger partial charge in [-0.3, -0.25) is 4.79 Å². The van der Waals surface area contributed by atoms with Crippen molar-refractivity contribution < 1.29 is 4.79 Å². The summed E-state index contributed by atoms with van der Waals surface area (Å²) < 4.78 is 2.14. The molecular formula is C16H21N3O. The Morgan fingerprint density at radius 1 is 1.35 bits per heavy atom. The summed E-state index contributed by atoms with van der Waals surface area (Å²) in [6.07, 6.45) is 3.00. The molecule has 1 aromatic carbocycles. The van der Waals surface area contributed by atoms with E-state index in [0.717, 1.165) is 36.2 Å². The number of carbonyl (C=O) groups excluding carboxylic acids is 1. The van der Waals surface area contributed by atoms with Crippen LogP contribution in [0.15, 0.2) is 24.3 Å². The van der Waals surface area contributed by atoms with Crippen LogP contribution in [0.5, 0.6) is 0 Å². The number of aryl methyl sites for hydroxylation is 1. The fourth-order valence-corrected chi connectivity index (χ4v) is 3.14. The van der Waals surface area contributed by atoms with Crippen LogP contribution in [0.1, 0.15) is 32.0 Å². The van der Waals surface area contributed by atoms with E-state index in [4.69, 9.17) is 0 Å². The second kappa shape index (κ2) is 5.27. The van der Waals surface area contributed by atoms with Crippen LogP contribution in [-0.4, -0.2) is 26.9 Å². The summed E-state index contributed by atoms with van der Waals surface area (Å²) in [6, 6.07) is 8.10. The molecule has 0 aliphatic carbocycles. The van der Waals surface area contributed by atoms with Gasteiger partial charge in [0.05, 0.1) is 17.7 Å². The predicted octanol–water partition coefficient (Wildman–Crippen LogP) is 2.95. The van der Waals surface area contributed by atoms with Crippen LogP contribution in [0.3, 0.4) is 0 Å². The molecule has 0 saturated carbocycles. The summed E-state index contributed by atoms with van der Waals surface area (Å²) in [5.74, 6) is 1.78. The molecule has 1 aliphatic heterocycles. The fourth-order valence-electron chi connectivity index (χ4n) is 3.14. The number of hydrogen-bond acceptors (Lipinski definition) is 2. The topological polar surface area (TPSA) is 38.1 Å². The maximum absolute atomic E-state index is 12.1. The molecule has 4 heteroatoms. The highest BCUT2D eigenvalue weighted by molar-refractivity contribution is 5.79. The smallest absolute Gasteiger partial charge is 0.224 e. The zero-order valence-electron chi connectivity index (χ0n) is 12.2. The third-order valence-electron chi connectivity index (χ3n) is 4.15. The molecular weight excluding hydrogens is 250 g/mol. The first-order chi connectivity index (χ1) is 9.69. The van der Waals surface area contributed by atoms with Crippen molar-refractivity contribution in [2.45, 2.75) is 39.8 Å². The summed E-state index contributed by atoms with van der Waals surface area (Å²) in [5, 5.41) is 0. The molecule has 0 spiro atoms. The molecule has 1 saturated heterocycles. The molecule has 2 heterocycles. The molecule has 0 N–H and O–H groups in total. The molecule has 20 heavy (non-hydrogen) atoms. The summed E-state index contributed by atoms with van der Waals surface area (Å²) in [7, 11) is 0. The van der Waals surface area contributed by atoms with Gasteiger partial charge in [0.25, 0.3) is 0 Å².